The van der Waals surface area contributed by atoms with Gasteiger partial charge in [-0.15, -0.1) is 0 Å². The van der Waals surface area contributed by atoms with Crippen LogP contribution in [0.25, 0.3) is 0 Å². The first-order valence-electron chi connectivity index (χ1n) is 8.81. The van der Waals surface area contributed by atoms with Gasteiger partial charge < -0.3 is 24.2 Å². The number of nitrogens with one attached hydrogen (secondary N) is 1. The molecule has 0 bridgehead atoms. The second-order valence-electron chi connectivity index (χ2n) is 6.54. The number of nitrogens with zero attached hydrogens (tertiary/aromatic N) is 2. The summed E-state index contributed by atoms with van der Waals surface area (Å²) in [6.07, 6.45) is 2.89. The van der Waals surface area contributed by atoms with Crippen molar-refractivity contribution in [1.29, 1.82) is 0 Å². The van der Waals surface area contributed by atoms with Crippen molar-refractivity contribution in [3.63, 3.8) is 0 Å². The van der Waals surface area contributed by atoms with E-state index in [1.807, 2.05) is 25.7 Å². The van der Waals surface area contributed by atoms with Crippen LogP contribution >= 0.6 is 0 Å². The largest absolute Gasteiger partial charge is 0.377 e. The second-order valence-corrected chi connectivity index (χ2v) is 6.54. The number of amides is 2. The van der Waals surface area contributed by atoms with Gasteiger partial charge in [-0.3, -0.25) is 0 Å². The number of aromatic nitrogens is 1. The van der Waals surface area contributed by atoms with Gasteiger partial charge in [0.05, 0.1) is 37.1 Å². The van der Waals surface area contributed by atoms with Crippen LogP contribution in [-0.2, 0) is 9.47 Å². The number of rotatable bonds is 4. The Morgan fingerprint density at radius 2 is 2.25 bits per heavy atom. The Balaban J connectivity index is 1.71. The Labute approximate surface area is 142 Å². The van der Waals surface area contributed by atoms with Crippen molar-refractivity contribution in [2.24, 2.45) is 0 Å². The Bertz CT molecular complexity index is 549. The number of carbonyl (C=O) groups excluding carboxylic acids is 1. The molecule has 1 aromatic heterocycles. The van der Waals surface area contributed by atoms with Crippen LogP contribution in [0.1, 0.15) is 49.2 Å². The molecule has 3 rings (SSSR count). The van der Waals surface area contributed by atoms with E-state index in [4.69, 9.17) is 14.0 Å². The lowest BCUT2D eigenvalue weighted by atomic mass is 10.0. The molecule has 7 heteroatoms. The first-order chi connectivity index (χ1) is 11.6. The van der Waals surface area contributed by atoms with Crippen molar-refractivity contribution in [2.75, 3.05) is 26.4 Å². The predicted octanol–water partition coefficient (Wildman–Crippen LogP) is 2.33. The second kappa shape index (κ2) is 7.53. The predicted molar refractivity (Wildman–Crippen MR) is 87.8 cm³/mol. The fourth-order valence-electron chi connectivity index (χ4n) is 3.69. The molecule has 2 amide bonds. The number of urea groups is 1. The Morgan fingerprint density at radius 3 is 2.88 bits per heavy atom. The van der Waals surface area contributed by atoms with E-state index >= 15 is 0 Å². The molecule has 0 radical (unpaired) electrons. The van der Waals surface area contributed by atoms with Gasteiger partial charge in [-0.25, -0.2) is 4.79 Å². The van der Waals surface area contributed by atoms with Crippen LogP contribution in [0, 0.1) is 13.8 Å². The third kappa shape index (κ3) is 3.42. The van der Waals surface area contributed by atoms with Crippen molar-refractivity contribution < 1.29 is 18.8 Å². The van der Waals surface area contributed by atoms with Crippen LogP contribution in [0.5, 0.6) is 0 Å². The quantitative estimate of drug-likeness (QED) is 0.912. The van der Waals surface area contributed by atoms with Crippen LogP contribution in [0.4, 0.5) is 4.79 Å². The first kappa shape index (κ1) is 17.2. The highest BCUT2D eigenvalue weighted by atomic mass is 16.5. The van der Waals surface area contributed by atoms with Crippen molar-refractivity contribution in [3.05, 3.63) is 17.0 Å². The van der Waals surface area contributed by atoms with E-state index in [0.29, 0.717) is 19.8 Å². The molecular weight excluding hydrogens is 310 g/mol. The summed E-state index contributed by atoms with van der Waals surface area (Å²) in [7, 11) is 0. The highest BCUT2D eigenvalue weighted by Gasteiger charge is 2.36. The summed E-state index contributed by atoms with van der Waals surface area (Å²) in [6.45, 7) is 8.31. The first-order valence-corrected chi connectivity index (χ1v) is 8.81. The third-order valence-corrected chi connectivity index (χ3v) is 4.96. The van der Waals surface area contributed by atoms with Gasteiger partial charge in [0.15, 0.2) is 0 Å². The molecule has 24 heavy (non-hydrogen) atoms. The third-order valence-electron chi connectivity index (χ3n) is 4.96. The van der Waals surface area contributed by atoms with Gasteiger partial charge in [-0.05, 0) is 33.1 Å². The van der Waals surface area contributed by atoms with E-state index in [9.17, 15) is 4.79 Å². The molecule has 1 N–H and O–H groups in total. The Hall–Kier alpha value is -1.60. The van der Waals surface area contributed by atoms with Gasteiger partial charge in [0, 0.05) is 18.7 Å². The average Bonchev–Trinajstić information content (AvgIpc) is 3.23. The molecule has 0 aliphatic carbocycles. The van der Waals surface area contributed by atoms with Gasteiger partial charge in [0.25, 0.3) is 0 Å². The zero-order chi connectivity index (χ0) is 17.1. The topological polar surface area (TPSA) is 76.8 Å². The number of ether oxygens (including phenoxy) is 2. The molecule has 1 aromatic rings. The molecule has 134 valence electrons. The van der Waals surface area contributed by atoms with Crippen LogP contribution in [0.3, 0.4) is 0 Å². The van der Waals surface area contributed by atoms with Crippen LogP contribution in [0.2, 0.25) is 0 Å². The van der Waals surface area contributed by atoms with E-state index in [2.05, 4.69) is 10.5 Å². The van der Waals surface area contributed by atoms with E-state index in [1.54, 1.807) is 0 Å². The van der Waals surface area contributed by atoms with Crippen molar-refractivity contribution in [1.82, 2.24) is 15.4 Å². The summed E-state index contributed by atoms with van der Waals surface area (Å²) in [5.41, 5.74) is 1.81. The zero-order valence-electron chi connectivity index (χ0n) is 14.7. The van der Waals surface area contributed by atoms with Crippen molar-refractivity contribution in [2.45, 2.75) is 58.2 Å². The van der Waals surface area contributed by atoms with E-state index in [-0.39, 0.29) is 24.2 Å². The molecule has 3 atom stereocenters. The Morgan fingerprint density at radius 1 is 1.42 bits per heavy atom. The normalized spacial score (nSPS) is 25.7. The molecule has 0 aromatic carbocycles. The molecule has 2 saturated heterocycles. The lowest BCUT2D eigenvalue weighted by Gasteiger charge is -2.39. The summed E-state index contributed by atoms with van der Waals surface area (Å²) >= 11 is 0. The summed E-state index contributed by atoms with van der Waals surface area (Å²) in [6, 6.07) is -0.175. The number of hydrogen-bond acceptors (Lipinski definition) is 5. The smallest absolute Gasteiger partial charge is 0.318 e. The van der Waals surface area contributed by atoms with E-state index < -0.39 is 0 Å². The SMILES string of the molecule is CCC(NC(=O)N1CCOCC1C1CCCO1)c1c(C)noc1C. The van der Waals surface area contributed by atoms with Gasteiger partial charge in [-0.1, -0.05) is 12.1 Å². The standard InChI is InChI=1S/C17H27N3O4/c1-4-13(16-11(2)19-24-12(16)3)18-17(21)20-7-9-22-10-14(20)15-6-5-8-23-15/h13-15H,4-10H2,1-3H3,(H,18,21). The highest BCUT2D eigenvalue weighted by molar-refractivity contribution is 5.75. The maximum absolute atomic E-state index is 12.9. The fraction of sp³-hybridized carbons (Fsp3) is 0.765. The van der Waals surface area contributed by atoms with Gasteiger partial charge in [-0.2, -0.15) is 0 Å². The van der Waals surface area contributed by atoms with Gasteiger partial charge in [0.2, 0.25) is 0 Å². The van der Waals surface area contributed by atoms with Crippen molar-refractivity contribution in [3.8, 4) is 0 Å². The minimum absolute atomic E-state index is 0.0107. The summed E-state index contributed by atoms with van der Waals surface area (Å²) in [5.74, 6) is 0.761. The fourth-order valence-corrected chi connectivity index (χ4v) is 3.69. The number of carbonyl (C=O) groups is 1. The van der Waals surface area contributed by atoms with Crippen LogP contribution < -0.4 is 5.32 Å². The minimum atomic E-state index is -0.100. The molecule has 2 aliphatic rings. The average molecular weight is 337 g/mol. The molecule has 7 nitrogen and oxygen atoms in total. The molecule has 3 heterocycles. The summed E-state index contributed by atoms with van der Waals surface area (Å²) in [4.78, 5) is 14.8. The summed E-state index contributed by atoms with van der Waals surface area (Å²) < 4.78 is 16.6. The molecule has 2 fully saturated rings. The van der Waals surface area contributed by atoms with Gasteiger partial charge in [0.1, 0.15) is 5.76 Å². The van der Waals surface area contributed by atoms with E-state index in [0.717, 1.165) is 42.9 Å². The molecular formula is C17H27N3O4. The lowest BCUT2D eigenvalue weighted by molar-refractivity contribution is -0.0476. The van der Waals surface area contributed by atoms with E-state index in [1.165, 1.54) is 0 Å². The minimum Gasteiger partial charge on any atom is -0.377 e. The monoisotopic (exact) mass is 337 g/mol. The number of aryl methyl sites for hydroxylation is 2. The molecule has 2 aliphatic heterocycles. The molecule has 0 spiro atoms. The molecule has 3 unspecified atom stereocenters. The van der Waals surface area contributed by atoms with Gasteiger partial charge >= 0.3 is 6.03 Å². The summed E-state index contributed by atoms with van der Waals surface area (Å²) in [5, 5.41) is 7.15. The van der Waals surface area contributed by atoms with Crippen LogP contribution in [-0.4, -0.2) is 54.6 Å². The molecule has 0 saturated carbocycles. The van der Waals surface area contributed by atoms with Crippen molar-refractivity contribution >= 4 is 6.03 Å². The highest BCUT2D eigenvalue weighted by Crippen LogP contribution is 2.26. The maximum atomic E-state index is 12.9. The number of morpholine rings is 1. The zero-order valence-corrected chi connectivity index (χ0v) is 14.7. The van der Waals surface area contributed by atoms with Crippen LogP contribution in [0.15, 0.2) is 4.52 Å². The maximum Gasteiger partial charge on any atom is 0.318 e. The Kier molecular flexibility index (Phi) is 5.40. The number of hydrogen-bond donors (Lipinski definition) is 1. The lowest BCUT2D eigenvalue weighted by Crippen LogP contribution is -2.57.